The van der Waals surface area contributed by atoms with E-state index in [0.29, 0.717) is 17.6 Å². The van der Waals surface area contributed by atoms with Gasteiger partial charge in [-0.25, -0.2) is 13.8 Å². The number of hydrogen-bond donors (Lipinski definition) is 0. The molecule has 0 aliphatic heterocycles. The average Bonchev–Trinajstić information content (AvgIpc) is 2.85. The summed E-state index contributed by atoms with van der Waals surface area (Å²) < 4.78 is 26.1. The van der Waals surface area contributed by atoms with Crippen molar-refractivity contribution in [3.8, 4) is 5.75 Å². The second-order valence-electron chi connectivity index (χ2n) is 5.96. The Morgan fingerprint density at radius 3 is 2.68 bits per heavy atom. The molecular weight excluding hydrogens is 285 g/mol. The number of hydrogen-bond acceptors (Lipinski definition) is 3. The number of fused-ring (bicyclic) bond motifs is 1. The van der Waals surface area contributed by atoms with Crippen LogP contribution in [0, 0.1) is 5.82 Å². The summed E-state index contributed by atoms with van der Waals surface area (Å²) in [5.74, 6) is -0.0950. The number of carbonyl (C=O) groups excluding carboxylic acids is 1. The molecule has 1 heterocycles. The molecule has 0 radical (unpaired) electrons. The lowest BCUT2D eigenvalue weighted by Gasteiger charge is -2.20. The number of methoxy groups -OCH3 is 1. The summed E-state index contributed by atoms with van der Waals surface area (Å²) in [6.07, 6.45) is 3.11. The van der Waals surface area contributed by atoms with Gasteiger partial charge in [0.25, 0.3) is 0 Å². The molecule has 0 bridgehead atoms. The van der Waals surface area contributed by atoms with Crippen molar-refractivity contribution < 1.29 is 18.7 Å². The van der Waals surface area contributed by atoms with Gasteiger partial charge >= 0.3 is 6.09 Å². The van der Waals surface area contributed by atoms with Gasteiger partial charge < -0.3 is 9.47 Å². The number of ether oxygens (including phenoxy) is 2. The molecule has 0 fully saturated rings. The monoisotopic (exact) mass is 305 g/mol. The van der Waals surface area contributed by atoms with Crippen molar-refractivity contribution in [2.75, 3.05) is 7.11 Å². The van der Waals surface area contributed by atoms with Gasteiger partial charge in [0.2, 0.25) is 0 Å². The molecule has 0 aliphatic carbocycles. The van der Waals surface area contributed by atoms with Crippen LogP contribution in [-0.2, 0) is 11.2 Å². The van der Waals surface area contributed by atoms with E-state index < -0.39 is 17.5 Å². The number of rotatable bonds is 3. The van der Waals surface area contributed by atoms with E-state index in [4.69, 9.17) is 9.47 Å². The van der Waals surface area contributed by atoms with Crippen LogP contribution >= 0.6 is 0 Å². The SMILES string of the molecule is C=CCc1c(OC)cc(F)c2c1ccn2C(=O)OC(C)(C)C. The van der Waals surface area contributed by atoms with Crippen LogP contribution in [0.5, 0.6) is 5.75 Å². The summed E-state index contributed by atoms with van der Waals surface area (Å²) in [6.45, 7) is 8.99. The Morgan fingerprint density at radius 2 is 2.14 bits per heavy atom. The Hall–Kier alpha value is -2.30. The topological polar surface area (TPSA) is 40.5 Å². The Labute approximate surface area is 129 Å². The smallest absolute Gasteiger partial charge is 0.419 e. The third kappa shape index (κ3) is 2.98. The van der Waals surface area contributed by atoms with E-state index in [9.17, 15) is 9.18 Å². The molecule has 118 valence electrons. The molecule has 22 heavy (non-hydrogen) atoms. The molecule has 5 heteroatoms. The third-order valence-corrected chi connectivity index (χ3v) is 3.15. The van der Waals surface area contributed by atoms with Crippen LogP contribution in [0.3, 0.4) is 0 Å². The van der Waals surface area contributed by atoms with E-state index in [-0.39, 0.29) is 5.52 Å². The van der Waals surface area contributed by atoms with E-state index in [1.54, 1.807) is 32.9 Å². The summed E-state index contributed by atoms with van der Waals surface area (Å²) in [6, 6.07) is 2.96. The molecule has 0 aliphatic rings. The van der Waals surface area contributed by atoms with Gasteiger partial charge in [-0.2, -0.15) is 0 Å². The van der Waals surface area contributed by atoms with Crippen molar-refractivity contribution >= 4 is 17.0 Å². The van der Waals surface area contributed by atoms with Crippen molar-refractivity contribution in [1.82, 2.24) is 4.57 Å². The van der Waals surface area contributed by atoms with Crippen molar-refractivity contribution in [2.45, 2.75) is 32.8 Å². The molecule has 0 N–H and O–H groups in total. The van der Waals surface area contributed by atoms with Crippen molar-refractivity contribution in [1.29, 1.82) is 0 Å². The standard InChI is InChI=1S/C17H20FNO3/c1-6-7-11-12-8-9-19(16(20)22-17(2,3)4)15(12)13(18)10-14(11)21-5/h6,8-10H,1,7H2,2-5H3. The molecule has 0 saturated heterocycles. The van der Waals surface area contributed by atoms with Gasteiger partial charge in [-0.3, -0.25) is 0 Å². The zero-order valence-electron chi connectivity index (χ0n) is 13.3. The molecular formula is C17H20FNO3. The third-order valence-electron chi connectivity index (χ3n) is 3.15. The van der Waals surface area contributed by atoms with Gasteiger partial charge in [-0.15, -0.1) is 6.58 Å². The highest BCUT2D eigenvalue weighted by Crippen LogP contribution is 2.32. The fourth-order valence-electron chi connectivity index (χ4n) is 2.32. The summed E-state index contributed by atoms with van der Waals surface area (Å²) in [4.78, 5) is 12.2. The normalized spacial score (nSPS) is 11.5. The zero-order chi connectivity index (χ0) is 16.5. The second kappa shape index (κ2) is 5.83. The quantitative estimate of drug-likeness (QED) is 0.794. The number of benzene rings is 1. The number of carbonyl (C=O) groups is 1. The van der Waals surface area contributed by atoms with Crippen LogP contribution in [0.1, 0.15) is 26.3 Å². The molecule has 0 atom stereocenters. The number of allylic oxidation sites excluding steroid dienone is 1. The van der Waals surface area contributed by atoms with Crippen LogP contribution in [0.4, 0.5) is 9.18 Å². The number of nitrogens with zero attached hydrogens (tertiary/aromatic N) is 1. The minimum absolute atomic E-state index is 0.187. The molecule has 2 rings (SSSR count). The molecule has 2 aromatic rings. The lowest BCUT2D eigenvalue weighted by Crippen LogP contribution is -2.26. The first-order valence-electron chi connectivity index (χ1n) is 6.99. The largest absolute Gasteiger partial charge is 0.496 e. The van der Waals surface area contributed by atoms with Crippen molar-refractivity contribution in [3.63, 3.8) is 0 Å². The summed E-state index contributed by atoms with van der Waals surface area (Å²) in [5, 5.41) is 0.614. The Kier molecular flexibility index (Phi) is 4.26. The van der Waals surface area contributed by atoms with Gasteiger partial charge in [0.1, 0.15) is 11.4 Å². The minimum atomic E-state index is -0.652. The van der Waals surface area contributed by atoms with Gasteiger partial charge in [-0.1, -0.05) is 6.08 Å². The lowest BCUT2D eigenvalue weighted by molar-refractivity contribution is 0.0543. The number of aromatic nitrogens is 1. The minimum Gasteiger partial charge on any atom is -0.496 e. The fraction of sp³-hybridized carbons (Fsp3) is 0.353. The van der Waals surface area contributed by atoms with E-state index >= 15 is 0 Å². The number of halogens is 1. The predicted octanol–water partition coefficient (Wildman–Crippen LogP) is 4.30. The molecule has 4 nitrogen and oxygen atoms in total. The van der Waals surface area contributed by atoms with Crippen LogP contribution in [0.25, 0.3) is 10.9 Å². The van der Waals surface area contributed by atoms with Crippen LogP contribution in [0.2, 0.25) is 0 Å². The van der Waals surface area contributed by atoms with E-state index in [1.165, 1.54) is 23.9 Å². The first-order valence-corrected chi connectivity index (χ1v) is 6.99. The summed E-state index contributed by atoms with van der Waals surface area (Å²) >= 11 is 0. The Morgan fingerprint density at radius 1 is 1.45 bits per heavy atom. The van der Waals surface area contributed by atoms with Crippen LogP contribution in [-0.4, -0.2) is 23.4 Å². The lowest BCUT2D eigenvalue weighted by atomic mass is 10.1. The molecule has 0 amide bonds. The summed E-state index contributed by atoms with van der Waals surface area (Å²) in [5.41, 5.74) is 0.323. The average molecular weight is 305 g/mol. The Bertz CT molecular complexity index is 726. The molecule has 0 spiro atoms. The molecule has 0 saturated carbocycles. The highest BCUT2D eigenvalue weighted by Gasteiger charge is 2.22. The highest BCUT2D eigenvalue weighted by molar-refractivity contribution is 5.93. The van der Waals surface area contributed by atoms with Gasteiger partial charge in [-0.05, 0) is 33.3 Å². The maximum absolute atomic E-state index is 14.4. The van der Waals surface area contributed by atoms with Crippen molar-refractivity contribution in [3.05, 3.63) is 42.4 Å². The van der Waals surface area contributed by atoms with Gasteiger partial charge in [0, 0.05) is 23.2 Å². The first kappa shape index (κ1) is 16.1. The molecule has 1 aromatic heterocycles. The summed E-state index contributed by atoms with van der Waals surface area (Å²) in [7, 11) is 1.48. The van der Waals surface area contributed by atoms with Crippen LogP contribution < -0.4 is 4.74 Å². The highest BCUT2D eigenvalue weighted by atomic mass is 19.1. The fourth-order valence-corrected chi connectivity index (χ4v) is 2.32. The second-order valence-corrected chi connectivity index (χ2v) is 5.96. The predicted molar refractivity (Wildman–Crippen MR) is 84.0 cm³/mol. The van der Waals surface area contributed by atoms with E-state index in [1.807, 2.05) is 0 Å². The molecule has 1 aromatic carbocycles. The van der Waals surface area contributed by atoms with E-state index in [2.05, 4.69) is 6.58 Å². The van der Waals surface area contributed by atoms with Gasteiger partial charge in [0.15, 0.2) is 5.82 Å². The van der Waals surface area contributed by atoms with E-state index in [0.717, 1.165) is 5.56 Å². The molecule has 0 unspecified atom stereocenters. The Balaban J connectivity index is 2.63. The van der Waals surface area contributed by atoms with Crippen LogP contribution in [0.15, 0.2) is 31.0 Å². The maximum Gasteiger partial charge on any atom is 0.419 e. The van der Waals surface area contributed by atoms with Crippen molar-refractivity contribution in [2.24, 2.45) is 0 Å². The van der Waals surface area contributed by atoms with Gasteiger partial charge in [0.05, 0.1) is 12.6 Å². The zero-order valence-corrected chi connectivity index (χ0v) is 13.3. The first-order chi connectivity index (χ1) is 10.3. The maximum atomic E-state index is 14.4.